The zero-order valence-electron chi connectivity index (χ0n) is 12.9. The van der Waals surface area contributed by atoms with Crippen LogP contribution in [0, 0.1) is 0 Å². The molecule has 0 bridgehead atoms. The number of nitrogens with one attached hydrogen (secondary N) is 3. The van der Waals surface area contributed by atoms with Crippen LogP contribution in [0.3, 0.4) is 0 Å². The summed E-state index contributed by atoms with van der Waals surface area (Å²) in [6, 6.07) is 6.68. The predicted octanol–water partition coefficient (Wildman–Crippen LogP) is 1.98. The number of amides is 2. The van der Waals surface area contributed by atoms with Gasteiger partial charge in [-0.15, -0.1) is 0 Å². The summed E-state index contributed by atoms with van der Waals surface area (Å²) >= 11 is 0. The first kappa shape index (κ1) is 17.0. The lowest BCUT2D eigenvalue weighted by atomic mass is 10.1. The summed E-state index contributed by atoms with van der Waals surface area (Å²) in [6.45, 7) is 7.42. The second-order valence-electron chi connectivity index (χ2n) is 5.63. The van der Waals surface area contributed by atoms with E-state index in [9.17, 15) is 9.59 Å². The molecule has 0 unspecified atom stereocenters. The Kier molecular flexibility index (Phi) is 6.17. The van der Waals surface area contributed by atoms with Gasteiger partial charge in [0.25, 0.3) is 5.91 Å². The lowest BCUT2D eigenvalue weighted by molar-refractivity contribution is 0.0953. The minimum atomic E-state index is -0.568. The number of anilines is 1. The normalized spacial score (nSPS) is 10.9. The van der Waals surface area contributed by atoms with E-state index in [1.54, 1.807) is 24.3 Å². The Balaban J connectivity index is 2.50. The van der Waals surface area contributed by atoms with Crippen molar-refractivity contribution in [2.45, 2.75) is 26.3 Å². The molecule has 0 atom stereocenters. The maximum atomic E-state index is 12.0. The topological polar surface area (TPSA) is 79.5 Å². The van der Waals surface area contributed by atoms with Crippen LogP contribution < -0.4 is 16.0 Å². The van der Waals surface area contributed by atoms with E-state index in [1.165, 1.54) is 7.11 Å². The summed E-state index contributed by atoms with van der Waals surface area (Å²) in [6.07, 6.45) is -0.568. The standard InChI is InChI=1S/C15H23N3O3/c1-15(2,3)17-9-8-16-13(19)11-6-5-7-12(10-11)18-14(20)21-4/h5-7,10,17H,8-9H2,1-4H3,(H,16,19)(H,18,20). The molecule has 0 aliphatic heterocycles. The van der Waals surface area contributed by atoms with Gasteiger partial charge in [0.05, 0.1) is 7.11 Å². The molecule has 0 fully saturated rings. The first-order chi connectivity index (χ1) is 9.81. The van der Waals surface area contributed by atoms with E-state index in [0.29, 0.717) is 24.3 Å². The number of ether oxygens (including phenoxy) is 1. The molecule has 21 heavy (non-hydrogen) atoms. The van der Waals surface area contributed by atoms with E-state index < -0.39 is 6.09 Å². The summed E-state index contributed by atoms with van der Waals surface area (Å²) in [5.74, 6) is -0.181. The molecular formula is C15H23N3O3. The Morgan fingerprint density at radius 2 is 1.90 bits per heavy atom. The molecule has 6 heteroatoms. The quantitative estimate of drug-likeness (QED) is 0.725. The fourth-order valence-electron chi connectivity index (χ4n) is 1.62. The van der Waals surface area contributed by atoms with Gasteiger partial charge in [0, 0.05) is 29.9 Å². The molecule has 1 aromatic rings. The van der Waals surface area contributed by atoms with Crippen molar-refractivity contribution in [2.24, 2.45) is 0 Å². The van der Waals surface area contributed by atoms with Crippen molar-refractivity contribution in [3.63, 3.8) is 0 Å². The molecule has 0 aromatic heterocycles. The Morgan fingerprint density at radius 3 is 2.52 bits per heavy atom. The highest BCUT2D eigenvalue weighted by molar-refractivity contribution is 5.96. The van der Waals surface area contributed by atoms with Gasteiger partial charge in [-0.2, -0.15) is 0 Å². The highest BCUT2D eigenvalue weighted by Gasteiger charge is 2.10. The van der Waals surface area contributed by atoms with Crippen LogP contribution in [0.25, 0.3) is 0 Å². The molecule has 0 saturated carbocycles. The third kappa shape index (κ3) is 6.76. The number of hydrogen-bond donors (Lipinski definition) is 3. The van der Waals surface area contributed by atoms with Gasteiger partial charge in [0.2, 0.25) is 0 Å². The van der Waals surface area contributed by atoms with Crippen LogP contribution in [0.4, 0.5) is 10.5 Å². The Bertz CT molecular complexity index is 495. The number of carbonyl (C=O) groups excluding carboxylic acids is 2. The first-order valence-corrected chi connectivity index (χ1v) is 6.80. The monoisotopic (exact) mass is 293 g/mol. The molecule has 0 saturated heterocycles. The van der Waals surface area contributed by atoms with E-state index >= 15 is 0 Å². The molecule has 1 rings (SSSR count). The third-order valence-electron chi connectivity index (χ3n) is 2.62. The van der Waals surface area contributed by atoms with Crippen molar-refractivity contribution in [3.05, 3.63) is 29.8 Å². The van der Waals surface area contributed by atoms with Crippen LogP contribution in [-0.2, 0) is 4.74 Å². The highest BCUT2D eigenvalue weighted by Crippen LogP contribution is 2.10. The molecule has 0 heterocycles. The minimum Gasteiger partial charge on any atom is -0.453 e. The van der Waals surface area contributed by atoms with Gasteiger partial charge in [0.1, 0.15) is 0 Å². The fourth-order valence-corrected chi connectivity index (χ4v) is 1.62. The van der Waals surface area contributed by atoms with E-state index in [4.69, 9.17) is 0 Å². The summed E-state index contributed by atoms with van der Waals surface area (Å²) in [5.41, 5.74) is 1.02. The van der Waals surface area contributed by atoms with Gasteiger partial charge in [-0.05, 0) is 39.0 Å². The SMILES string of the molecule is COC(=O)Nc1cccc(C(=O)NCCNC(C)(C)C)c1. The highest BCUT2D eigenvalue weighted by atomic mass is 16.5. The van der Waals surface area contributed by atoms with Crippen LogP contribution in [0.15, 0.2) is 24.3 Å². The zero-order valence-corrected chi connectivity index (χ0v) is 12.9. The van der Waals surface area contributed by atoms with Crippen LogP contribution in [0.1, 0.15) is 31.1 Å². The molecule has 3 N–H and O–H groups in total. The Hall–Kier alpha value is -2.08. The number of benzene rings is 1. The third-order valence-corrected chi connectivity index (χ3v) is 2.62. The molecular weight excluding hydrogens is 270 g/mol. The molecule has 0 aliphatic rings. The Morgan fingerprint density at radius 1 is 1.19 bits per heavy atom. The molecule has 6 nitrogen and oxygen atoms in total. The van der Waals surface area contributed by atoms with Crippen molar-refractivity contribution in [1.82, 2.24) is 10.6 Å². The average molecular weight is 293 g/mol. The van der Waals surface area contributed by atoms with Gasteiger partial charge < -0.3 is 15.4 Å². The summed E-state index contributed by atoms with van der Waals surface area (Å²) in [4.78, 5) is 23.1. The lowest BCUT2D eigenvalue weighted by Crippen LogP contribution is -2.41. The summed E-state index contributed by atoms with van der Waals surface area (Å²) in [7, 11) is 1.29. The fraction of sp³-hybridized carbons (Fsp3) is 0.467. The number of rotatable bonds is 5. The maximum Gasteiger partial charge on any atom is 0.411 e. The summed E-state index contributed by atoms with van der Waals surface area (Å²) in [5, 5.41) is 8.63. The molecule has 2 amide bonds. The van der Waals surface area contributed by atoms with Crippen molar-refractivity contribution < 1.29 is 14.3 Å². The van der Waals surface area contributed by atoms with Crippen LogP contribution >= 0.6 is 0 Å². The lowest BCUT2D eigenvalue weighted by Gasteiger charge is -2.20. The van der Waals surface area contributed by atoms with Crippen molar-refractivity contribution in [1.29, 1.82) is 0 Å². The van der Waals surface area contributed by atoms with Gasteiger partial charge in [-0.25, -0.2) is 4.79 Å². The van der Waals surface area contributed by atoms with Crippen molar-refractivity contribution in [3.8, 4) is 0 Å². The second-order valence-corrected chi connectivity index (χ2v) is 5.63. The molecule has 0 spiro atoms. The van der Waals surface area contributed by atoms with E-state index in [-0.39, 0.29) is 11.4 Å². The Labute approximate surface area is 125 Å². The van der Waals surface area contributed by atoms with Crippen molar-refractivity contribution >= 4 is 17.7 Å². The predicted molar refractivity (Wildman–Crippen MR) is 82.6 cm³/mol. The summed E-state index contributed by atoms with van der Waals surface area (Å²) < 4.78 is 4.51. The van der Waals surface area contributed by atoms with Crippen LogP contribution in [-0.4, -0.2) is 37.7 Å². The van der Waals surface area contributed by atoms with Crippen molar-refractivity contribution in [2.75, 3.05) is 25.5 Å². The van der Waals surface area contributed by atoms with Gasteiger partial charge in [-0.3, -0.25) is 10.1 Å². The van der Waals surface area contributed by atoms with Gasteiger partial charge >= 0.3 is 6.09 Å². The smallest absolute Gasteiger partial charge is 0.411 e. The number of methoxy groups -OCH3 is 1. The van der Waals surface area contributed by atoms with E-state index in [2.05, 4.69) is 41.5 Å². The zero-order chi connectivity index (χ0) is 15.9. The largest absolute Gasteiger partial charge is 0.453 e. The second kappa shape index (κ2) is 7.64. The average Bonchev–Trinajstić information content (AvgIpc) is 2.42. The molecule has 0 aliphatic carbocycles. The number of carbonyl (C=O) groups is 2. The van der Waals surface area contributed by atoms with E-state index in [1.807, 2.05) is 0 Å². The van der Waals surface area contributed by atoms with E-state index in [0.717, 1.165) is 0 Å². The molecule has 1 aromatic carbocycles. The molecule has 116 valence electrons. The minimum absolute atomic E-state index is 0.0229. The van der Waals surface area contributed by atoms with Crippen LogP contribution in [0.5, 0.6) is 0 Å². The van der Waals surface area contributed by atoms with Gasteiger partial charge in [0.15, 0.2) is 0 Å². The number of hydrogen-bond acceptors (Lipinski definition) is 4. The van der Waals surface area contributed by atoms with Gasteiger partial charge in [-0.1, -0.05) is 6.07 Å². The molecule has 0 radical (unpaired) electrons. The maximum absolute atomic E-state index is 12.0. The van der Waals surface area contributed by atoms with Crippen LogP contribution in [0.2, 0.25) is 0 Å². The first-order valence-electron chi connectivity index (χ1n) is 6.80.